The van der Waals surface area contributed by atoms with Crippen LogP contribution in [0.1, 0.15) is 108 Å². The maximum absolute atomic E-state index is 13.2. The molecule has 0 radical (unpaired) electrons. The Morgan fingerprint density at radius 1 is 0.277 bits per heavy atom. The van der Waals surface area contributed by atoms with Gasteiger partial charge in [0.15, 0.2) is 34.9 Å². The highest BCUT2D eigenvalue weighted by atomic mass is 35.5. The summed E-state index contributed by atoms with van der Waals surface area (Å²) in [6.07, 6.45) is -10.1. The van der Waals surface area contributed by atoms with Crippen molar-refractivity contribution in [3.8, 4) is 68.3 Å². The molecule has 0 aliphatic heterocycles. The summed E-state index contributed by atoms with van der Waals surface area (Å²) in [5.74, 6) is -0.149. The molecule has 130 heavy (non-hydrogen) atoms. The summed E-state index contributed by atoms with van der Waals surface area (Å²) < 4.78 is 169. The molecule has 0 fully saturated rings. The fourth-order valence-electron chi connectivity index (χ4n) is 13.1. The van der Waals surface area contributed by atoms with E-state index < -0.39 is 57.7 Å². The molecule has 15 nitrogen and oxygen atoms in total. The number of nitro groups is 1. The molecule has 18 rings (SSSR count). The Labute approximate surface area is 782 Å². The zero-order valence-corrected chi connectivity index (χ0v) is 70.3. The summed E-state index contributed by atoms with van der Waals surface area (Å²) in [5, 5.41) is 15.7. The zero-order valence-electron chi connectivity index (χ0n) is 63.5. The molecule has 0 amide bonds. The van der Waals surface area contributed by atoms with Gasteiger partial charge in [-0.3, -0.25) is 10.1 Å². The molecule has 2 aliphatic rings. The Balaban J connectivity index is 0.000000191. The average Bonchev–Trinajstić information content (AvgIpc) is 1.07. The van der Waals surface area contributed by atoms with Crippen LogP contribution in [0.5, 0.6) is 0 Å². The topological polar surface area (TPSA) is 198 Å². The minimum atomic E-state index is -4.72. The van der Waals surface area contributed by atoms with E-state index in [0.717, 1.165) is 102 Å². The second kappa shape index (κ2) is 44.6. The monoisotopic (exact) mass is 1970 g/mol. The Hall–Kier alpha value is -11.2. The number of rotatable bonds is 7. The van der Waals surface area contributed by atoms with Crippen LogP contribution < -0.4 is 0 Å². The Morgan fingerprint density at radius 2 is 0.600 bits per heavy atom. The summed E-state index contributed by atoms with van der Waals surface area (Å²) in [6, 6.07) is 55.4. The lowest BCUT2D eigenvalue weighted by atomic mass is 10.1. The molecule has 37 heteroatoms. The molecule has 0 atom stereocenters. The third kappa shape index (κ3) is 24.9. The number of hydrogen-bond acceptors (Lipinski definition) is 14. The molecule has 0 unspecified atom stereocenters. The van der Waals surface area contributed by atoms with Gasteiger partial charge in [-0.1, -0.05) is 245 Å². The van der Waals surface area contributed by atoms with E-state index in [9.17, 15) is 67.2 Å². The molecule has 0 saturated heterocycles. The maximum atomic E-state index is 13.2. The second-order valence-electron chi connectivity index (χ2n) is 27.2. The van der Waals surface area contributed by atoms with Gasteiger partial charge in [0, 0.05) is 89.6 Å². The van der Waals surface area contributed by atoms with Crippen molar-refractivity contribution in [3.63, 3.8) is 0 Å². The number of benzene rings is 10. The zero-order chi connectivity index (χ0) is 89.4. The molecule has 6 aromatic heterocycles. The molecule has 676 valence electrons. The third-order valence-electron chi connectivity index (χ3n) is 19.0. The van der Waals surface area contributed by atoms with Gasteiger partial charge in [-0.15, -0.1) is 0 Å². The van der Waals surface area contributed by atoms with E-state index in [1.807, 2.05) is 48.5 Å². The number of hydrogen-bond donors (Lipinski definition) is 0. The van der Waals surface area contributed by atoms with E-state index in [4.69, 9.17) is 104 Å². The van der Waals surface area contributed by atoms with Crippen LogP contribution in [0.4, 0.5) is 62.8 Å². The van der Waals surface area contributed by atoms with Crippen LogP contribution in [0.15, 0.2) is 224 Å². The van der Waals surface area contributed by atoms with Crippen LogP contribution in [-0.4, -0.2) is 64.7 Å². The van der Waals surface area contributed by atoms with Gasteiger partial charge in [0.2, 0.25) is 0 Å². The van der Waals surface area contributed by atoms with Gasteiger partial charge >= 0.3 is 24.7 Å². The fraction of sp³-hybridized carbons (Fsp3) is 0.183. The highest BCUT2D eigenvalue weighted by Gasteiger charge is 2.38. The number of aryl methyl sites for hydroxylation is 2. The van der Waals surface area contributed by atoms with Crippen LogP contribution in [0.25, 0.3) is 112 Å². The summed E-state index contributed by atoms with van der Waals surface area (Å²) in [6.45, 7) is 0. The van der Waals surface area contributed by atoms with E-state index in [2.05, 4.69) is 59.8 Å². The number of non-ortho nitro benzene ring substituents is 1. The second-order valence-corrected chi connectivity index (χ2v) is 30.6. The lowest BCUT2D eigenvalue weighted by Gasteiger charge is -2.12. The van der Waals surface area contributed by atoms with Crippen molar-refractivity contribution >= 4 is 154 Å². The van der Waals surface area contributed by atoms with Crippen molar-refractivity contribution in [1.29, 1.82) is 0 Å². The molecular weight excluding hydrogens is 1900 g/mol. The molecule has 0 bridgehead atoms. The Morgan fingerprint density at radius 3 is 1.02 bits per heavy atom. The number of nitro benzene ring substituents is 1. The van der Waals surface area contributed by atoms with Crippen molar-refractivity contribution in [1.82, 2.24) is 59.8 Å². The number of aromatic nitrogens is 12. The molecule has 0 spiro atoms. The molecule has 0 N–H and O–H groups in total. The van der Waals surface area contributed by atoms with Crippen molar-refractivity contribution in [2.75, 3.05) is 0 Å². The van der Waals surface area contributed by atoms with E-state index in [-0.39, 0.29) is 119 Å². The predicted molar refractivity (Wildman–Crippen MR) is 493 cm³/mol. The fourth-order valence-corrected chi connectivity index (χ4v) is 15.3. The van der Waals surface area contributed by atoms with Crippen LogP contribution in [0.3, 0.4) is 0 Å². The summed E-state index contributed by atoms with van der Waals surface area (Å²) in [4.78, 5) is 60.7. The molecule has 10 aromatic carbocycles. The van der Waals surface area contributed by atoms with E-state index in [0.29, 0.717) is 76.8 Å². The Kier molecular flexibility index (Phi) is 35.8. The largest absolute Gasteiger partial charge is 0.417 e. The van der Waals surface area contributed by atoms with Crippen molar-refractivity contribution in [3.05, 3.63) is 331 Å². The minimum absolute atomic E-state index is 0. The molecule has 0 saturated carbocycles. The van der Waals surface area contributed by atoms with E-state index in [1.165, 1.54) is 79.9 Å². The number of nitrogens with zero attached hydrogens (tertiary/aromatic N) is 13. The predicted octanol–water partition coefficient (Wildman–Crippen LogP) is 32.4. The number of para-hydroxylation sites is 4. The normalized spacial score (nSPS) is 12.0. The highest BCUT2D eigenvalue weighted by molar-refractivity contribution is 6.37. The smallest absolute Gasteiger partial charge is 0.258 e. The van der Waals surface area contributed by atoms with Gasteiger partial charge in [0.1, 0.15) is 36.7 Å². The minimum Gasteiger partial charge on any atom is -0.258 e. The van der Waals surface area contributed by atoms with Crippen LogP contribution in [0.2, 0.25) is 46.0 Å². The van der Waals surface area contributed by atoms with Crippen molar-refractivity contribution in [2.45, 2.75) is 113 Å². The van der Waals surface area contributed by atoms with Crippen LogP contribution >= 0.6 is 104 Å². The van der Waals surface area contributed by atoms with Crippen LogP contribution in [0, 0.1) is 15.9 Å². The first kappa shape index (κ1) is 104. The average molecular weight is 1970 g/mol. The van der Waals surface area contributed by atoms with E-state index >= 15 is 0 Å². The summed E-state index contributed by atoms with van der Waals surface area (Å²) >= 11 is 54.9. The van der Waals surface area contributed by atoms with Crippen molar-refractivity contribution in [2.24, 2.45) is 0 Å². The summed E-state index contributed by atoms with van der Waals surface area (Å²) in [7, 11) is 0. The number of halogens is 22. The van der Waals surface area contributed by atoms with Crippen molar-refractivity contribution < 1.29 is 62.0 Å². The first-order chi connectivity index (χ1) is 59.5. The molecule has 2 aliphatic carbocycles. The number of alkyl halides is 12. The number of fused-ring (bicyclic) bond motifs is 6. The molecular formula is C93H73Cl9F13N13O2. The first-order valence-electron chi connectivity index (χ1n) is 37.0. The third-order valence-corrected chi connectivity index (χ3v) is 21.8. The SMILES string of the molecule is C.C.C.C.C.Clc1ccccc1-c1nc(Cl)c2c(n1)CCCCC2.FC(F)(F)c1ccc(Cl)c(-c2nc(Cl)c3ccccc3n2)c1.FC(F)(F)c1ccccc1-c1nc(Cl)c2c(n1)CCC2.FC(F)(F)c1ccccc1-c1nc(Cl)c2ccccc2n1.Fc1ccc(-c2nc(Cl)c3ccccc3n2)c(C(F)(F)F)c1.O=[N+]([O-])c1ccc(-c2nc(Cl)c3ccccc3n2)c(Cl)c1. The van der Waals surface area contributed by atoms with Gasteiger partial charge in [-0.2, -0.15) is 52.7 Å². The Bertz CT molecular complexity index is 6760. The van der Waals surface area contributed by atoms with Gasteiger partial charge in [0.25, 0.3) is 5.69 Å². The standard InChI is InChI=1S/C15H7Cl2F3N2.C15H14Cl2N2.C15H7ClF4N2.C15H8ClF3N2.C14H7Cl2N3O2.C14H10ClF3N2.5CH4/c16-11-6-5-8(15(18,19)20)7-10(11)14-21-12-4-2-1-3-9(12)13(17)22-14;16-12-8-5-4-6-10(12)15-18-13-9-3-1-2-7-11(13)14(17)19-15;16-13-10-3-1-2-4-12(10)21-14(22-13)9-6-5-8(17)7-11(9)15(18,19)20;16-13-10-6-2-4-8-12(10)20-14(21-13)9-5-1-3-7-11(9)15(17,18)19;15-11-7-8(19(20)21)5-6-9(11)14-17-12-4-2-1-3-10(12)13(16)18-14;15-12-9-5-3-7-11(9)19-13(20-12)8-4-1-2-6-10(8)14(16,17)18;;;;;/h1-7H;4-6,8H,1-3,7,9H2;1-7H;1-8H;1-7H;1-2,4,6H,3,5,7H2;5*1H4. The first-order valence-corrected chi connectivity index (χ1v) is 40.4. The lowest BCUT2D eigenvalue weighted by molar-refractivity contribution is -0.384. The lowest BCUT2D eigenvalue weighted by Crippen LogP contribution is -2.09. The molecule has 6 heterocycles. The summed E-state index contributed by atoms with van der Waals surface area (Å²) in [5.41, 5.74) is 3.39. The van der Waals surface area contributed by atoms with E-state index in [1.54, 1.807) is 72.8 Å². The van der Waals surface area contributed by atoms with Gasteiger partial charge in [-0.05, 0) is 160 Å². The van der Waals surface area contributed by atoms with Gasteiger partial charge in [-0.25, -0.2) is 64.2 Å². The quantitative estimate of drug-likeness (QED) is 0.0480. The van der Waals surface area contributed by atoms with Gasteiger partial charge < -0.3 is 0 Å². The highest BCUT2D eigenvalue weighted by Crippen LogP contribution is 2.44. The van der Waals surface area contributed by atoms with Gasteiger partial charge in [0.05, 0.1) is 64.3 Å². The van der Waals surface area contributed by atoms with Crippen LogP contribution in [-0.2, 0) is 50.4 Å². The molecule has 16 aromatic rings. The maximum Gasteiger partial charge on any atom is 0.417 e.